The third-order valence-electron chi connectivity index (χ3n) is 3.70. The van der Waals surface area contributed by atoms with Crippen LogP contribution >= 0.6 is 0 Å². The lowest BCUT2D eigenvalue weighted by Gasteiger charge is -2.28. The lowest BCUT2D eigenvalue weighted by Crippen LogP contribution is -2.40. The van der Waals surface area contributed by atoms with E-state index in [1.807, 2.05) is 25.1 Å². The van der Waals surface area contributed by atoms with E-state index in [-0.39, 0.29) is 18.5 Å². The van der Waals surface area contributed by atoms with Crippen LogP contribution in [0.1, 0.15) is 32.8 Å². The molecule has 116 valence electrons. The molecule has 0 bridgehead atoms. The van der Waals surface area contributed by atoms with Gasteiger partial charge in [-0.15, -0.1) is 0 Å². The van der Waals surface area contributed by atoms with Crippen molar-refractivity contribution in [2.24, 2.45) is 5.92 Å². The van der Waals surface area contributed by atoms with Crippen molar-refractivity contribution in [3.63, 3.8) is 0 Å². The van der Waals surface area contributed by atoms with Gasteiger partial charge in [0.2, 0.25) is 0 Å². The molecule has 1 rings (SSSR count). The van der Waals surface area contributed by atoms with E-state index >= 15 is 0 Å². The highest BCUT2D eigenvalue weighted by Gasteiger charge is 2.18. The normalized spacial score (nSPS) is 12.0. The van der Waals surface area contributed by atoms with Crippen LogP contribution in [0, 0.1) is 5.92 Å². The Hall–Kier alpha value is -2.04. The van der Waals surface area contributed by atoms with Crippen LogP contribution in [0.25, 0.3) is 0 Å². The standard InChI is InChI=1S/C16H24N2O3/c1-11(2)12(3)18(4)16(21)17-14-7-5-6-13(10-14)8-9-15(19)20/h5-7,10-12H,8-9H2,1-4H3,(H,17,21)(H,19,20). The number of rotatable bonds is 6. The number of carboxylic acids is 1. The number of carbonyl (C=O) groups is 2. The topological polar surface area (TPSA) is 69.6 Å². The number of urea groups is 1. The molecule has 1 aromatic carbocycles. The molecule has 1 unspecified atom stereocenters. The fourth-order valence-corrected chi connectivity index (χ4v) is 1.90. The van der Waals surface area contributed by atoms with Crippen molar-refractivity contribution in [2.75, 3.05) is 12.4 Å². The number of aliphatic carboxylic acids is 1. The zero-order valence-electron chi connectivity index (χ0n) is 13.1. The highest BCUT2D eigenvalue weighted by Crippen LogP contribution is 2.15. The summed E-state index contributed by atoms with van der Waals surface area (Å²) in [7, 11) is 1.77. The molecular formula is C16H24N2O3. The van der Waals surface area contributed by atoms with Crippen LogP contribution in [-0.2, 0) is 11.2 Å². The Bertz CT molecular complexity index is 500. The number of benzene rings is 1. The summed E-state index contributed by atoms with van der Waals surface area (Å²) in [6.07, 6.45) is 0.541. The molecule has 0 spiro atoms. The van der Waals surface area contributed by atoms with Crippen molar-refractivity contribution < 1.29 is 14.7 Å². The molecule has 2 amide bonds. The van der Waals surface area contributed by atoms with Gasteiger partial charge in [0, 0.05) is 25.2 Å². The molecule has 5 nitrogen and oxygen atoms in total. The second-order valence-corrected chi connectivity index (χ2v) is 5.62. The second kappa shape index (κ2) is 7.67. The van der Waals surface area contributed by atoms with Gasteiger partial charge in [-0.05, 0) is 37.0 Å². The van der Waals surface area contributed by atoms with Gasteiger partial charge in [-0.2, -0.15) is 0 Å². The van der Waals surface area contributed by atoms with E-state index in [9.17, 15) is 9.59 Å². The van der Waals surface area contributed by atoms with E-state index in [0.717, 1.165) is 5.56 Å². The van der Waals surface area contributed by atoms with E-state index in [1.54, 1.807) is 18.0 Å². The smallest absolute Gasteiger partial charge is 0.321 e. The molecular weight excluding hydrogens is 268 g/mol. The zero-order chi connectivity index (χ0) is 16.0. The molecule has 1 aromatic rings. The highest BCUT2D eigenvalue weighted by atomic mass is 16.4. The Morgan fingerprint density at radius 1 is 1.29 bits per heavy atom. The van der Waals surface area contributed by atoms with Crippen LogP contribution in [0.4, 0.5) is 10.5 Å². The third kappa shape index (κ3) is 5.45. The average Bonchev–Trinajstić information content (AvgIpc) is 2.43. The summed E-state index contributed by atoms with van der Waals surface area (Å²) < 4.78 is 0. The molecule has 0 fully saturated rings. The molecule has 0 aliphatic heterocycles. The molecule has 0 aromatic heterocycles. The minimum Gasteiger partial charge on any atom is -0.481 e. The van der Waals surface area contributed by atoms with Gasteiger partial charge in [-0.1, -0.05) is 26.0 Å². The summed E-state index contributed by atoms with van der Waals surface area (Å²) in [5, 5.41) is 11.5. The predicted molar refractivity (Wildman–Crippen MR) is 83.5 cm³/mol. The average molecular weight is 292 g/mol. The number of carboxylic acid groups (broad SMARTS) is 1. The summed E-state index contributed by atoms with van der Waals surface area (Å²) in [4.78, 5) is 24.4. The number of aryl methyl sites for hydroxylation is 1. The van der Waals surface area contributed by atoms with Gasteiger partial charge in [0.25, 0.3) is 0 Å². The maximum atomic E-state index is 12.2. The first kappa shape index (κ1) is 17.0. The fourth-order valence-electron chi connectivity index (χ4n) is 1.90. The molecule has 0 aliphatic rings. The molecule has 0 saturated carbocycles. The summed E-state index contributed by atoms with van der Waals surface area (Å²) in [5.74, 6) is -0.447. The number of anilines is 1. The Labute approximate surface area is 126 Å². The minimum absolute atomic E-state index is 0.0850. The summed E-state index contributed by atoms with van der Waals surface area (Å²) >= 11 is 0. The van der Waals surface area contributed by atoms with Gasteiger partial charge < -0.3 is 15.3 Å². The maximum Gasteiger partial charge on any atom is 0.321 e. The minimum atomic E-state index is -0.824. The number of hydrogen-bond donors (Lipinski definition) is 2. The molecule has 0 heterocycles. The van der Waals surface area contributed by atoms with Crippen molar-refractivity contribution >= 4 is 17.7 Å². The molecule has 0 radical (unpaired) electrons. The number of hydrogen-bond acceptors (Lipinski definition) is 2. The Morgan fingerprint density at radius 2 is 1.95 bits per heavy atom. The van der Waals surface area contributed by atoms with Crippen molar-refractivity contribution in [3.05, 3.63) is 29.8 Å². The molecule has 21 heavy (non-hydrogen) atoms. The van der Waals surface area contributed by atoms with Crippen molar-refractivity contribution in [1.29, 1.82) is 0 Å². The van der Waals surface area contributed by atoms with E-state index in [2.05, 4.69) is 19.2 Å². The van der Waals surface area contributed by atoms with Crippen molar-refractivity contribution in [2.45, 2.75) is 39.7 Å². The van der Waals surface area contributed by atoms with Gasteiger partial charge in [0.05, 0.1) is 0 Å². The van der Waals surface area contributed by atoms with Crippen LogP contribution in [0.15, 0.2) is 24.3 Å². The van der Waals surface area contributed by atoms with Crippen LogP contribution < -0.4 is 5.32 Å². The quantitative estimate of drug-likeness (QED) is 0.845. The first-order valence-electron chi connectivity index (χ1n) is 7.15. The molecule has 0 saturated heterocycles. The monoisotopic (exact) mass is 292 g/mol. The number of carbonyl (C=O) groups excluding carboxylic acids is 1. The van der Waals surface area contributed by atoms with Crippen LogP contribution in [0.3, 0.4) is 0 Å². The van der Waals surface area contributed by atoms with E-state index < -0.39 is 5.97 Å². The van der Waals surface area contributed by atoms with Gasteiger partial charge in [0.15, 0.2) is 0 Å². The SMILES string of the molecule is CC(C)C(C)N(C)C(=O)Nc1cccc(CCC(=O)O)c1. The van der Waals surface area contributed by atoms with Crippen LogP contribution in [0.2, 0.25) is 0 Å². The first-order chi connectivity index (χ1) is 9.81. The lowest BCUT2D eigenvalue weighted by atomic mass is 10.1. The van der Waals surface area contributed by atoms with Crippen LogP contribution in [0.5, 0.6) is 0 Å². The van der Waals surface area contributed by atoms with Gasteiger partial charge >= 0.3 is 12.0 Å². The first-order valence-corrected chi connectivity index (χ1v) is 7.15. The Morgan fingerprint density at radius 3 is 2.52 bits per heavy atom. The largest absolute Gasteiger partial charge is 0.481 e. The fraction of sp³-hybridized carbons (Fsp3) is 0.500. The van der Waals surface area contributed by atoms with Crippen LogP contribution in [-0.4, -0.2) is 35.1 Å². The van der Waals surface area contributed by atoms with Crippen molar-refractivity contribution in [3.8, 4) is 0 Å². The Kier molecular flexibility index (Phi) is 6.21. The number of amides is 2. The maximum absolute atomic E-state index is 12.2. The molecule has 1 atom stereocenters. The highest BCUT2D eigenvalue weighted by molar-refractivity contribution is 5.89. The second-order valence-electron chi connectivity index (χ2n) is 5.62. The zero-order valence-corrected chi connectivity index (χ0v) is 13.1. The molecule has 5 heteroatoms. The van der Waals surface area contributed by atoms with Crippen molar-refractivity contribution in [1.82, 2.24) is 4.90 Å². The Balaban J connectivity index is 2.68. The molecule has 2 N–H and O–H groups in total. The summed E-state index contributed by atoms with van der Waals surface area (Å²) in [6, 6.07) is 7.27. The van der Waals surface area contributed by atoms with Gasteiger partial charge in [-0.3, -0.25) is 4.79 Å². The summed E-state index contributed by atoms with van der Waals surface area (Å²) in [6.45, 7) is 6.15. The summed E-state index contributed by atoms with van der Waals surface area (Å²) in [5.41, 5.74) is 1.58. The van der Waals surface area contributed by atoms with Gasteiger partial charge in [-0.25, -0.2) is 4.79 Å². The van der Waals surface area contributed by atoms with E-state index in [4.69, 9.17) is 5.11 Å². The van der Waals surface area contributed by atoms with E-state index in [0.29, 0.717) is 18.0 Å². The van der Waals surface area contributed by atoms with E-state index in [1.165, 1.54) is 0 Å². The number of nitrogens with zero attached hydrogens (tertiary/aromatic N) is 1. The third-order valence-corrected chi connectivity index (χ3v) is 3.70. The van der Waals surface area contributed by atoms with Gasteiger partial charge in [0.1, 0.15) is 0 Å². The molecule has 0 aliphatic carbocycles. The number of nitrogens with one attached hydrogen (secondary N) is 1. The lowest BCUT2D eigenvalue weighted by molar-refractivity contribution is -0.136. The predicted octanol–water partition coefficient (Wildman–Crippen LogP) is 3.21.